The average molecular weight is 327 g/mol. The highest BCUT2D eigenvalue weighted by atomic mass is 15.2. The lowest BCUT2D eigenvalue weighted by atomic mass is 10.0. The van der Waals surface area contributed by atoms with E-state index in [-0.39, 0.29) is 0 Å². The maximum atomic E-state index is 4.09. The van der Waals surface area contributed by atoms with Gasteiger partial charge in [0.05, 0.1) is 6.20 Å². The number of nitrogens with one attached hydrogen (secondary N) is 2. The van der Waals surface area contributed by atoms with Crippen molar-refractivity contribution in [2.24, 2.45) is 5.92 Å². The van der Waals surface area contributed by atoms with Crippen LogP contribution < -0.4 is 15.1 Å². The lowest BCUT2D eigenvalue weighted by Gasteiger charge is -2.36. The van der Waals surface area contributed by atoms with Crippen LogP contribution in [0.4, 0.5) is 11.4 Å². The van der Waals surface area contributed by atoms with Gasteiger partial charge in [-0.25, -0.2) is 0 Å². The number of rotatable bonds is 5. The number of piperazine rings is 1. The van der Waals surface area contributed by atoms with Crippen LogP contribution in [0.1, 0.15) is 20.3 Å². The third-order valence-electron chi connectivity index (χ3n) is 4.65. The summed E-state index contributed by atoms with van der Waals surface area (Å²) in [6.07, 6.45) is 5.06. The second-order valence-electron chi connectivity index (χ2n) is 7.31. The third kappa shape index (κ3) is 3.73. The molecule has 1 aliphatic heterocycles. The van der Waals surface area contributed by atoms with E-state index in [9.17, 15) is 0 Å². The van der Waals surface area contributed by atoms with E-state index in [1.54, 1.807) is 0 Å². The third-order valence-corrected chi connectivity index (χ3v) is 4.65. The molecule has 2 aromatic rings. The van der Waals surface area contributed by atoms with Crippen LogP contribution in [-0.4, -0.2) is 50.0 Å². The number of anilines is 2. The summed E-state index contributed by atoms with van der Waals surface area (Å²) < 4.78 is 0. The Morgan fingerprint density at radius 2 is 2.17 bits per heavy atom. The molecule has 130 valence electrons. The Kier molecular flexibility index (Phi) is 5.09. The van der Waals surface area contributed by atoms with Crippen molar-refractivity contribution in [3.63, 3.8) is 0 Å². The molecule has 0 aliphatic carbocycles. The normalized spacial score (nSPS) is 18.2. The minimum absolute atomic E-state index is 0.579. The minimum atomic E-state index is 0.579. The van der Waals surface area contributed by atoms with E-state index in [1.807, 2.05) is 12.4 Å². The van der Waals surface area contributed by atoms with E-state index in [4.69, 9.17) is 0 Å². The van der Waals surface area contributed by atoms with E-state index in [0.29, 0.717) is 6.04 Å². The van der Waals surface area contributed by atoms with E-state index in [0.717, 1.165) is 31.1 Å². The Bertz CT molecular complexity index is 648. The van der Waals surface area contributed by atoms with Crippen LogP contribution in [0, 0.1) is 5.92 Å². The van der Waals surface area contributed by atoms with Crippen molar-refractivity contribution in [2.45, 2.75) is 26.3 Å². The van der Waals surface area contributed by atoms with Gasteiger partial charge >= 0.3 is 0 Å². The van der Waals surface area contributed by atoms with Gasteiger partial charge in [-0.15, -0.1) is 0 Å². The van der Waals surface area contributed by atoms with Crippen molar-refractivity contribution in [1.29, 1.82) is 0 Å². The molecule has 24 heavy (non-hydrogen) atoms. The van der Waals surface area contributed by atoms with Gasteiger partial charge in [-0.2, -0.15) is 5.10 Å². The van der Waals surface area contributed by atoms with E-state index in [2.05, 4.69) is 71.5 Å². The highest BCUT2D eigenvalue weighted by Gasteiger charge is 2.21. The smallest absolute Gasteiger partial charge is 0.0566 e. The molecule has 0 spiro atoms. The first kappa shape index (κ1) is 16.8. The van der Waals surface area contributed by atoms with Gasteiger partial charge in [0, 0.05) is 68.5 Å². The summed E-state index contributed by atoms with van der Waals surface area (Å²) in [5.41, 5.74) is 4.88. The quantitative estimate of drug-likeness (QED) is 0.886. The number of H-pyrrole nitrogens is 1. The first-order chi connectivity index (χ1) is 11.5. The van der Waals surface area contributed by atoms with E-state index < -0.39 is 0 Å². The van der Waals surface area contributed by atoms with Crippen LogP contribution in [0.3, 0.4) is 0 Å². The molecule has 1 unspecified atom stereocenters. The molecule has 1 aromatic carbocycles. The SMILES string of the molecule is CC(C)CC1CN(c2ccc(-c3cn[nH]c3)c(N(C)C)c2)CCN1. The van der Waals surface area contributed by atoms with Crippen molar-refractivity contribution >= 4 is 11.4 Å². The maximum absolute atomic E-state index is 4.09. The van der Waals surface area contributed by atoms with Crippen molar-refractivity contribution in [3.8, 4) is 11.1 Å². The van der Waals surface area contributed by atoms with Gasteiger partial charge in [-0.05, 0) is 24.5 Å². The number of hydrogen-bond acceptors (Lipinski definition) is 4. The van der Waals surface area contributed by atoms with E-state index >= 15 is 0 Å². The Labute approximate surface area is 145 Å². The highest BCUT2D eigenvalue weighted by Crippen LogP contribution is 2.33. The molecule has 1 aliphatic rings. The zero-order valence-electron chi connectivity index (χ0n) is 15.2. The second-order valence-corrected chi connectivity index (χ2v) is 7.31. The van der Waals surface area contributed by atoms with Crippen LogP contribution in [0.5, 0.6) is 0 Å². The first-order valence-corrected chi connectivity index (χ1v) is 8.83. The summed E-state index contributed by atoms with van der Waals surface area (Å²) in [6, 6.07) is 7.34. The highest BCUT2D eigenvalue weighted by molar-refractivity contribution is 5.81. The number of hydrogen-bond donors (Lipinski definition) is 2. The molecule has 2 N–H and O–H groups in total. The summed E-state index contributed by atoms with van der Waals surface area (Å²) in [5, 5.41) is 10.7. The Morgan fingerprint density at radius 3 is 2.83 bits per heavy atom. The van der Waals surface area contributed by atoms with Crippen LogP contribution in [0.2, 0.25) is 0 Å². The average Bonchev–Trinajstić information content (AvgIpc) is 3.08. The van der Waals surface area contributed by atoms with Gasteiger partial charge in [-0.3, -0.25) is 5.10 Å². The number of nitrogens with zero attached hydrogens (tertiary/aromatic N) is 3. The van der Waals surface area contributed by atoms with Gasteiger partial charge in [0.1, 0.15) is 0 Å². The van der Waals surface area contributed by atoms with Gasteiger partial charge < -0.3 is 15.1 Å². The Hall–Kier alpha value is -2.01. The predicted octanol–water partition coefficient (Wildman–Crippen LogP) is 2.97. The summed E-state index contributed by atoms with van der Waals surface area (Å²) in [4.78, 5) is 4.69. The molecule has 0 saturated carbocycles. The van der Waals surface area contributed by atoms with Crippen molar-refractivity contribution in [2.75, 3.05) is 43.5 Å². The summed E-state index contributed by atoms with van der Waals surface area (Å²) >= 11 is 0. The lowest BCUT2D eigenvalue weighted by Crippen LogP contribution is -2.51. The summed E-state index contributed by atoms with van der Waals surface area (Å²) in [7, 11) is 4.20. The molecule has 0 bridgehead atoms. The molecule has 1 atom stereocenters. The van der Waals surface area contributed by atoms with E-state index in [1.165, 1.54) is 23.4 Å². The molecule has 1 fully saturated rings. The molecule has 0 radical (unpaired) electrons. The fraction of sp³-hybridized carbons (Fsp3) is 0.526. The van der Waals surface area contributed by atoms with Gasteiger partial charge in [0.2, 0.25) is 0 Å². The molecule has 1 saturated heterocycles. The molecule has 2 heterocycles. The standard InChI is InChI=1S/C19H29N5/c1-14(2)9-16-13-24(8-7-20-16)17-5-6-18(15-11-21-22-12-15)19(10-17)23(3)4/h5-6,10-12,14,16,20H,7-9,13H2,1-4H3,(H,21,22). The van der Waals surface area contributed by atoms with Crippen molar-refractivity contribution < 1.29 is 0 Å². The molecule has 5 heteroatoms. The number of aromatic amines is 1. The maximum Gasteiger partial charge on any atom is 0.0566 e. The summed E-state index contributed by atoms with van der Waals surface area (Å²) in [6.45, 7) is 7.79. The van der Waals surface area contributed by atoms with Crippen LogP contribution >= 0.6 is 0 Å². The molecule has 1 aromatic heterocycles. The van der Waals surface area contributed by atoms with Crippen LogP contribution in [0.25, 0.3) is 11.1 Å². The van der Waals surface area contributed by atoms with Crippen LogP contribution in [0.15, 0.2) is 30.6 Å². The number of aromatic nitrogens is 2. The predicted molar refractivity (Wildman–Crippen MR) is 102 cm³/mol. The zero-order chi connectivity index (χ0) is 17.1. The largest absolute Gasteiger partial charge is 0.377 e. The lowest BCUT2D eigenvalue weighted by molar-refractivity contribution is 0.388. The topological polar surface area (TPSA) is 47.2 Å². The summed E-state index contributed by atoms with van der Waals surface area (Å²) in [5.74, 6) is 0.725. The van der Waals surface area contributed by atoms with Gasteiger partial charge in [-0.1, -0.05) is 19.9 Å². The number of benzene rings is 1. The first-order valence-electron chi connectivity index (χ1n) is 8.83. The van der Waals surface area contributed by atoms with Gasteiger partial charge in [0.15, 0.2) is 0 Å². The van der Waals surface area contributed by atoms with Crippen molar-refractivity contribution in [3.05, 3.63) is 30.6 Å². The minimum Gasteiger partial charge on any atom is -0.377 e. The van der Waals surface area contributed by atoms with Crippen LogP contribution in [-0.2, 0) is 0 Å². The van der Waals surface area contributed by atoms with Gasteiger partial charge in [0.25, 0.3) is 0 Å². The monoisotopic (exact) mass is 327 g/mol. The Morgan fingerprint density at radius 1 is 1.33 bits per heavy atom. The zero-order valence-corrected chi connectivity index (χ0v) is 15.2. The molecule has 3 rings (SSSR count). The molecule has 5 nitrogen and oxygen atoms in total. The Balaban J connectivity index is 1.85. The fourth-order valence-corrected chi connectivity index (χ4v) is 3.52. The fourth-order valence-electron chi connectivity index (χ4n) is 3.52. The molecular weight excluding hydrogens is 298 g/mol. The molecular formula is C19H29N5. The molecule has 0 amide bonds. The van der Waals surface area contributed by atoms with Crippen molar-refractivity contribution in [1.82, 2.24) is 15.5 Å². The second kappa shape index (κ2) is 7.26.